The molecule has 0 aliphatic rings. The Morgan fingerprint density at radius 1 is 1.14 bits per heavy atom. The zero-order valence-electron chi connectivity index (χ0n) is 7.64. The summed E-state index contributed by atoms with van der Waals surface area (Å²) in [6, 6.07) is 1.34. The van der Waals surface area contributed by atoms with Crippen LogP contribution in [0.2, 0.25) is 0 Å². The van der Waals surface area contributed by atoms with Gasteiger partial charge in [-0.3, -0.25) is 0 Å². The molecule has 0 amide bonds. The van der Waals surface area contributed by atoms with Crippen molar-refractivity contribution in [3.05, 3.63) is 35.1 Å². The van der Waals surface area contributed by atoms with Crippen LogP contribution in [0.1, 0.15) is 19.4 Å². The van der Waals surface area contributed by atoms with Crippen molar-refractivity contribution in [1.29, 1.82) is 0 Å². The van der Waals surface area contributed by atoms with Gasteiger partial charge in [0.05, 0.1) is 4.75 Å². The summed E-state index contributed by atoms with van der Waals surface area (Å²) in [6.45, 7) is 3.23. The van der Waals surface area contributed by atoms with Crippen molar-refractivity contribution >= 4 is 22.5 Å². The Kier molecular flexibility index (Phi) is 3.42. The molecule has 0 N–H and O–H groups in total. The number of thiol groups is 1. The maximum atomic E-state index is 13.3. The Morgan fingerprint density at radius 3 is 1.93 bits per heavy atom. The molecule has 0 heterocycles. The van der Waals surface area contributed by atoms with E-state index in [2.05, 4.69) is 11.7 Å². The summed E-state index contributed by atoms with van der Waals surface area (Å²) in [7, 11) is 1.01. The third kappa shape index (κ3) is 2.20. The average molecular weight is 238 g/mol. The summed E-state index contributed by atoms with van der Waals surface area (Å²) in [6.07, 6.45) is 0. The van der Waals surface area contributed by atoms with E-state index in [4.69, 9.17) is 0 Å². The number of benzene rings is 1. The SMILES string of the molecule is CC(C)(SS)c1c(F)cc(F)cc1F. The summed E-state index contributed by atoms with van der Waals surface area (Å²) in [5, 5.41) is 0. The standard InChI is InChI=1S/C9H9F3S2/c1-9(2,14-13)8-6(11)3-5(10)4-7(8)12/h3-4,13H,1-2H3. The van der Waals surface area contributed by atoms with Gasteiger partial charge in [-0.05, 0) is 13.8 Å². The number of halogens is 3. The summed E-state index contributed by atoms with van der Waals surface area (Å²) in [5.41, 5.74) is -0.154. The van der Waals surface area contributed by atoms with Gasteiger partial charge in [-0.2, -0.15) is 0 Å². The summed E-state index contributed by atoms with van der Waals surface area (Å²) >= 11 is 3.92. The lowest BCUT2D eigenvalue weighted by atomic mass is 10.0. The molecule has 0 unspecified atom stereocenters. The van der Waals surface area contributed by atoms with Gasteiger partial charge in [-0.15, -0.1) is 11.7 Å². The van der Waals surface area contributed by atoms with E-state index in [0.29, 0.717) is 12.1 Å². The zero-order valence-corrected chi connectivity index (χ0v) is 9.35. The van der Waals surface area contributed by atoms with Crippen LogP contribution in [0.3, 0.4) is 0 Å². The fourth-order valence-electron chi connectivity index (χ4n) is 1.16. The highest BCUT2D eigenvalue weighted by atomic mass is 33.1. The molecule has 1 aromatic rings. The minimum Gasteiger partial charge on any atom is -0.207 e. The first kappa shape index (κ1) is 11.8. The molecule has 0 bridgehead atoms. The molecule has 14 heavy (non-hydrogen) atoms. The highest BCUT2D eigenvalue weighted by Gasteiger charge is 2.28. The molecular weight excluding hydrogens is 229 g/mol. The van der Waals surface area contributed by atoms with Gasteiger partial charge >= 0.3 is 0 Å². The Morgan fingerprint density at radius 2 is 1.57 bits per heavy atom. The molecule has 0 nitrogen and oxygen atoms in total. The second-order valence-electron chi connectivity index (χ2n) is 3.35. The van der Waals surface area contributed by atoms with Crippen LogP contribution in [0.4, 0.5) is 13.2 Å². The molecule has 78 valence electrons. The normalized spacial score (nSPS) is 11.9. The minimum absolute atomic E-state index is 0.154. The van der Waals surface area contributed by atoms with E-state index >= 15 is 0 Å². The van der Waals surface area contributed by atoms with Crippen molar-refractivity contribution in [2.24, 2.45) is 0 Å². The number of hydrogen-bond acceptors (Lipinski definition) is 2. The van der Waals surface area contributed by atoms with E-state index < -0.39 is 22.2 Å². The Bertz CT molecular complexity index is 327. The number of hydrogen-bond donors (Lipinski definition) is 1. The second kappa shape index (κ2) is 4.06. The first-order chi connectivity index (χ1) is 6.38. The van der Waals surface area contributed by atoms with Crippen LogP contribution in [0.15, 0.2) is 12.1 Å². The van der Waals surface area contributed by atoms with Crippen LogP contribution in [-0.2, 0) is 4.75 Å². The van der Waals surface area contributed by atoms with Crippen LogP contribution < -0.4 is 0 Å². The quantitative estimate of drug-likeness (QED) is 0.602. The van der Waals surface area contributed by atoms with Crippen molar-refractivity contribution in [2.45, 2.75) is 18.6 Å². The van der Waals surface area contributed by atoms with E-state index in [1.54, 1.807) is 13.8 Å². The minimum atomic E-state index is -0.913. The molecular formula is C9H9F3S2. The van der Waals surface area contributed by atoms with E-state index in [1.165, 1.54) is 0 Å². The third-order valence-corrected chi connectivity index (χ3v) is 3.87. The van der Waals surface area contributed by atoms with Gasteiger partial charge in [0, 0.05) is 17.7 Å². The van der Waals surface area contributed by atoms with Crippen LogP contribution in [-0.4, -0.2) is 0 Å². The first-order valence-corrected chi connectivity index (χ1v) is 5.73. The van der Waals surface area contributed by atoms with E-state index in [-0.39, 0.29) is 5.56 Å². The molecule has 0 spiro atoms. The number of rotatable bonds is 2. The van der Waals surface area contributed by atoms with Gasteiger partial charge in [0.15, 0.2) is 0 Å². The van der Waals surface area contributed by atoms with Gasteiger partial charge in [0.25, 0.3) is 0 Å². The molecule has 0 aromatic heterocycles. The average Bonchev–Trinajstić information content (AvgIpc) is 2.01. The topological polar surface area (TPSA) is 0 Å². The molecule has 0 radical (unpaired) electrons. The monoisotopic (exact) mass is 238 g/mol. The Hall–Kier alpha value is -0.290. The van der Waals surface area contributed by atoms with Crippen LogP contribution >= 0.6 is 22.5 Å². The highest BCUT2D eigenvalue weighted by molar-refractivity contribution is 8.68. The van der Waals surface area contributed by atoms with E-state index in [1.807, 2.05) is 0 Å². The Labute approximate surface area is 89.7 Å². The van der Waals surface area contributed by atoms with E-state index in [9.17, 15) is 13.2 Å². The zero-order chi connectivity index (χ0) is 10.9. The maximum absolute atomic E-state index is 13.3. The molecule has 0 saturated heterocycles. The lowest BCUT2D eigenvalue weighted by Gasteiger charge is -2.22. The van der Waals surface area contributed by atoms with Crippen LogP contribution in [0.25, 0.3) is 0 Å². The lowest BCUT2D eigenvalue weighted by Crippen LogP contribution is -2.15. The summed E-state index contributed by atoms with van der Waals surface area (Å²) in [5.74, 6) is -2.67. The van der Waals surface area contributed by atoms with E-state index in [0.717, 1.165) is 10.8 Å². The van der Waals surface area contributed by atoms with Crippen molar-refractivity contribution in [3.8, 4) is 0 Å². The van der Waals surface area contributed by atoms with Crippen molar-refractivity contribution in [2.75, 3.05) is 0 Å². The summed E-state index contributed by atoms with van der Waals surface area (Å²) < 4.78 is 38.3. The molecule has 0 aliphatic carbocycles. The van der Waals surface area contributed by atoms with Crippen molar-refractivity contribution < 1.29 is 13.2 Å². The molecule has 0 atom stereocenters. The fourth-order valence-corrected chi connectivity index (χ4v) is 1.72. The van der Waals surface area contributed by atoms with Crippen molar-refractivity contribution in [1.82, 2.24) is 0 Å². The maximum Gasteiger partial charge on any atom is 0.133 e. The largest absolute Gasteiger partial charge is 0.207 e. The summed E-state index contributed by atoms with van der Waals surface area (Å²) in [4.78, 5) is 0. The van der Waals surface area contributed by atoms with Gasteiger partial charge in [-0.1, -0.05) is 10.8 Å². The van der Waals surface area contributed by atoms with Gasteiger partial charge in [0.2, 0.25) is 0 Å². The first-order valence-electron chi connectivity index (χ1n) is 3.86. The van der Waals surface area contributed by atoms with Crippen molar-refractivity contribution in [3.63, 3.8) is 0 Å². The van der Waals surface area contributed by atoms with Crippen LogP contribution in [0.5, 0.6) is 0 Å². The predicted molar refractivity (Wildman–Crippen MR) is 55.9 cm³/mol. The Balaban J connectivity index is 3.35. The molecule has 5 heteroatoms. The molecule has 0 aliphatic heterocycles. The molecule has 1 aromatic carbocycles. The van der Waals surface area contributed by atoms with Gasteiger partial charge in [-0.25, -0.2) is 13.2 Å². The predicted octanol–water partition coefficient (Wildman–Crippen LogP) is 3.92. The molecule has 0 saturated carbocycles. The molecule has 1 rings (SSSR count). The van der Waals surface area contributed by atoms with Gasteiger partial charge in [0.1, 0.15) is 17.5 Å². The third-order valence-electron chi connectivity index (χ3n) is 1.84. The highest BCUT2D eigenvalue weighted by Crippen LogP contribution is 2.40. The smallest absolute Gasteiger partial charge is 0.133 e. The fraction of sp³-hybridized carbons (Fsp3) is 0.333. The molecule has 0 fully saturated rings. The van der Waals surface area contributed by atoms with Gasteiger partial charge < -0.3 is 0 Å². The second-order valence-corrected chi connectivity index (χ2v) is 5.10. The van der Waals surface area contributed by atoms with Crippen LogP contribution in [0, 0.1) is 17.5 Å². The lowest BCUT2D eigenvalue weighted by molar-refractivity contribution is 0.505.